The molecular formula is C8H14N2O2. The molecule has 0 aromatic rings. The van der Waals surface area contributed by atoms with Gasteiger partial charge in [0.1, 0.15) is 0 Å². The van der Waals surface area contributed by atoms with Crippen LogP contribution in [-0.2, 0) is 9.59 Å². The van der Waals surface area contributed by atoms with Crippen LogP contribution in [-0.4, -0.2) is 28.8 Å². The second kappa shape index (κ2) is 3.23. The lowest BCUT2D eigenvalue weighted by Gasteiger charge is -2.31. The zero-order valence-electron chi connectivity index (χ0n) is 7.41. The number of hydrogen-bond donors (Lipinski definition) is 1. The minimum Gasteiger partial charge on any atom is -0.320 e. The molecule has 68 valence electrons. The molecule has 0 unspecified atom stereocenters. The summed E-state index contributed by atoms with van der Waals surface area (Å²) in [5, 5.41) is 0. The standard InChI is InChI=1S/C8H14N2O2/c1-5(2)10-7(11)4-3-6(9)8(10)12/h5-6H,3-4,9H2,1-2H3/t6-/m0/s1. The molecule has 1 saturated heterocycles. The van der Waals surface area contributed by atoms with E-state index in [9.17, 15) is 9.59 Å². The van der Waals surface area contributed by atoms with E-state index >= 15 is 0 Å². The highest BCUT2D eigenvalue weighted by Crippen LogP contribution is 2.14. The van der Waals surface area contributed by atoms with Gasteiger partial charge in [0.15, 0.2) is 0 Å². The molecule has 0 bridgehead atoms. The van der Waals surface area contributed by atoms with E-state index in [1.54, 1.807) is 0 Å². The maximum absolute atomic E-state index is 11.4. The van der Waals surface area contributed by atoms with Crippen molar-refractivity contribution in [3.05, 3.63) is 0 Å². The normalized spacial score (nSPS) is 25.3. The Morgan fingerprint density at radius 3 is 2.50 bits per heavy atom. The molecule has 2 N–H and O–H groups in total. The average molecular weight is 170 g/mol. The van der Waals surface area contributed by atoms with Gasteiger partial charge < -0.3 is 5.73 Å². The molecule has 4 nitrogen and oxygen atoms in total. The third-order valence-corrected chi connectivity index (χ3v) is 2.01. The van der Waals surface area contributed by atoms with Crippen molar-refractivity contribution in [3.8, 4) is 0 Å². The van der Waals surface area contributed by atoms with E-state index in [-0.39, 0.29) is 17.9 Å². The monoisotopic (exact) mass is 170 g/mol. The number of carbonyl (C=O) groups excluding carboxylic acids is 2. The fourth-order valence-corrected chi connectivity index (χ4v) is 1.37. The summed E-state index contributed by atoms with van der Waals surface area (Å²) in [6.45, 7) is 3.63. The van der Waals surface area contributed by atoms with Crippen molar-refractivity contribution in [2.45, 2.75) is 38.8 Å². The Morgan fingerprint density at radius 2 is 2.08 bits per heavy atom. The molecule has 1 heterocycles. The lowest BCUT2D eigenvalue weighted by Crippen LogP contribution is -2.53. The first-order chi connectivity index (χ1) is 5.54. The molecule has 0 aromatic heterocycles. The summed E-state index contributed by atoms with van der Waals surface area (Å²) in [6, 6.07) is -0.554. The average Bonchev–Trinajstić information content (AvgIpc) is 1.97. The summed E-state index contributed by atoms with van der Waals surface area (Å²) < 4.78 is 0. The van der Waals surface area contributed by atoms with Gasteiger partial charge in [-0.05, 0) is 20.3 Å². The quantitative estimate of drug-likeness (QED) is 0.557. The summed E-state index contributed by atoms with van der Waals surface area (Å²) in [5.74, 6) is -0.335. The molecule has 1 aliphatic rings. The van der Waals surface area contributed by atoms with E-state index in [0.717, 1.165) is 0 Å². The summed E-state index contributed by atoms with van der Waals surface area (Å²) in [7, 11) is 0. The predicted octanol–water partition coefficient (Wildman–Crippen LogP) is -0.129. The molecule has 2 amide bonds. The number of nitrogens with zero attached hydrogens (tertiary/aromatic N) is 1. The van der Waals surface area contributed by atoms with Crippen molar-refractivity contribution in [2.75, 3.05) is 0 Å². The third-order valence-electron chi connectivity index (χ3n) is 2.01. The van der Waals surface area contributed by atoms with Crippen LogP contribution in [0, 0.1) is 0 Å². The van der Waals surface area contributed by atoms with E-state index in [1.165, 1.54) is 4.90 Å². The predicted molar refractivity (Wildman–Crippen MR) is 44.2 cm³/mol. The molecule has 1 atom stereocenters. The zero-order valence-corrected chi connectivity index (χ0v) is 7.41. The number of rotatable bonds is 1. The first-order valence-electron chi connectivity index (χ1n) is 4.15. The van der Waals surface area contributed by atoms with Crippen LogP contribution in [0.3, 0.4) is 0 Å². The first kappa shape index (κ1) is 9.19. The number of hydrogen-bond acceptors (Lipinski definition) is 3. The summed E-state index contributed by atoms with van der Waals surface area (Å²) >= 11 is 0. The van der Waals surface area contributed by atoms with Crippen LogP contribution in [0.5, 0.6) is 0 Å². The topological polar surface area (TPSA) is 63.4 Å². The minimum absolute atomic E-state index is 0.0728. The fourth-order valence-electron chi connectivity index (χ4n) is 1.37. The van der Waals surface area contributed by atoms with Gasteiger partial charge in [0, 0.05) is 12.5 Å². The Bertz CT molecular complexity index is 213. The SMILES string of the molecule is CC(C)N1C(=O)CC[C@H](N)C1=O. The van der Waals surface area contributed by atoms with Crippen molar-refractivity contribution in [2.24, 2.45) is 5.73 Å². The highest BCUT2D eigenvalue weighted by molar-refractivity contribution is 6.00. The fraction of sp³-hybridized carbons (Fsp3) is 0.750. The van der Waals surface area contributed by atoms with Gasteiger partial charge in [-0.2, -0.15) is 0 Å². The molecule has 12 heavy (non-hydrogen) atoms. The van der Waals surface area contributed by atoms with Crippen molar-refractivity contribution in [3.63, 3.8) is 0 Å². The van der Waals surface area contributed by atoms with Crippen LogP contribution in [0.15, 0.2) is 0 Å². The second-order valence-electron chi connectivity index (χ2n) is 3.34. The largest absolute Gasteiger partial charge is 0.320 e. The summed E-state index contributed by atoms with van der Waals surface area (Å²) in [6.07, 6.45) is 0.881. The lowest BCUT2D eigenvalue weighted by atomic mass is 10.0. The van der Waals surface area contributed by atoms with Crippen molar-refractivity contribution in [1.82, 2.24) is 4.90 Å². The lowest BCUT2D eigenvalue weighted by molar-refractivity contribution is -0.151. The third kappa shape index (κ3) is 1.48. The van der Waals surface area contributed by atoms with E-state index < -0.39 is 6.04 Å². The van der Waals surface area contributed by atoms with Crippen LogP contribution in [0.25, 0.3) is 0 Å². The van der Waals surface area contributed by atoms with Crippen molar-refractivity contribution in [1.29, 1.82) is 0 Å². The highest BCUT2D eigenvalue weighted by Gasteiger charge is 2.33. The number of amides is 2. The number of piperidine rings is 1. The molecule has 0 radical (unpaired) electrons. The summed E-state index contributed by atoms with van der Waals surface area (Å²) in [5.41, 5.74) is 5.53. The van der Waals surface area contributed by atoms with Crippen LogP contribution in [0.4, 0.5) is 0 Å². The minimum atomic E-state index is -0.481. The number of likely N-dealkylation sites (tertiary alicyclic amines) is 1. The number of imide groups is 1. The van der Waals surface area contributed by atoms with Crippen molar-refractivity contribution >= 4 is 11.8 Å². The van der Waals surface area contributed by atoms with E-state index in [1.807, 2.05) is 13.8 Å². The molecule has 0 aliphatic carbocycles. The van der Waals surface area contributed by atoms with Crippen LogP contribution in [0.2, 0.25) is 0 Å². The van der Waals surface area contributed by atoms with Gasteiger partial charge in [-0.25, -0.2) is 0 Å². The maximum Gasteiger partial charge on any atom is 0.246 e. The van der Waals surface area contributed by atoms with Crippen LogP contribution in [0.1, 0.15) is 26.7 Å². The molecule has 0 aromatic carbocycles. The smallest absolute Gasteiger partial charge is 0.246 e. The van der Waals surface area contributed by atoms with E-state index in [4.69, 9.17) is 5.73 Å². The molecule has 1 aliphatic heterocycles. The Hall–Kier alpha value is -0.900. The van der Waals surface area contributed by atoms with E-state index in [0.29, 0.717) is 12.8 Å². The second-order valence-corrected chi connectivity index (χ2v) is 3.34. The number of carbonyl (C=O) groups is 2. The van der Waals surface area contributed by atoms with Gasteiger partial charge >= 0.3 is 0 Å². The van der Waals surface area contributed by atoms with E-state index in [2.05, 4.69) is 0 Å². The molecule has 4 heteroatoms. The number of nitrogens with two attached hydrogens (primary N) is 1. The summed E-state index contributed by atoms with van der Waals surface area (Å²) in [4.78, 5) is 23.9. The molecule has 0 spiro atoms. The van der Waals surface area contributed by atoms with Crippen LogP contribution < -0.4 is 5.73 Å². The van der Waals surface area contributed by atoms with Gasteiger partial charge in [-0.1, -0.05) is 0 Å². The molecular weight excluding hydrogens is 156 g/mol. The molecule has 1 fully saturated rings. The Morgan fingerprint density at radius 1 is 1.50 bits per heavy atom. The van der Waals surface area contributed by atoms with Gasteiger partial charge in [0.05, 0.1) is 6.04 Å². The Kier molecular flexibility index (Phi) is 2.47. The van der Waals surface area contributed by atoms with Crippen molar-refractivity contribution < 1.29 is 9.59 Å². The molecule has 1 rings (SSSR count). The first-order valence-corrected chi connectivity index (χ1v) is 4.15. The van der Waals surface area contributed by atoms with Gasteiger partial charge in [-0.15, -0.1) is 0 Å². The van der Waals surface area contributed by atoms with Gasteiger partial charge in [-0.3, -0.25) is 14.5 Å². The molecule has 0 saturated carbocycles. The van der Waals surface area contributed by atoms with Gasteiger partial charge in [0.25, 0.3) is 0 Å². The van der Waals surface area contributed by atoms with Crippen LogP contribution >= 0.6 is 0 Å². The highest BCUT2D eigenvalue weighted by atomic mass is 16.2. The van der Waals surface area contributed by atoms with Gasteiger partial charge in [0.2, 0.25) is 11.8 Å². The zero-order chi connectivity index (χ0) is 9.30. The maximum atomic E-state index is 11.4. The Labute approximate surface area is 71.7 Å². The Balaban J connectivity index is 2.79.